The minimum atomic E-state index is -1.12. The van der Waals surface area contributed by atoms with Gasteiger partial charge in [-0.25, -0.2) is 4.79 Å². The van der Waals surface area contributed by atoms with E-state index in [2.05, 4.69) is 5.32 Å². The first-order valence-corrected chi connectivity index (χ1v) is 7.81. The standard InChI is InChI=1S/C16H20ClNO4/c1-2-22-14-11(6-5-7-12(14)17)10-13(19)18-16(15(20)21)8-3-4-9-16/h5-7H,2-4,8-10H2,1H3,(H,18,19)(H,20,21). The fraction of sp³-hybridized carbons (Fsp3) is 0.500. The Hall–Kier alpha value is -1.75. The molecule has 0 unspecified atom stereocenters. The van der Waals surface area contributed by atoms with E-state index in [0.717, 1.165) is 12.8 Å². The third kappa shape index (κ3) is 3.53. The van der Waals surface area contributed by atoms with Crippen molar-refractivity contribution in [1.29, 1.82) is 0 Å². The molecule has 1 aliphatic rings. The lowest BCUT2D eigenvalue weighted by Crippen LogP contribution is -2.52. The van der Waals surface area contributed by atoms with Crippen LogP contribution in [-0.2, 0) is 16.0 Å². The molecule has 2 N–H and O–H groups in total. The molecule has 0 heterocycles. The summed E-state index contributed by atoms with van der Waals surface area (Å²) in [5.41, 5.74) is -0.466. The second-order valence-corrected chi connectivity index (χ2v) is 5.89. The maximum absolute atomic E-state index is 12.3. The number of aliphatic carboxylic acids is 1. The van der Waals surface area contributed by atoms with E-state index in [0.29, 0.717) is 35.8 Å². The van der Waals surface area contributed by atoms with Crippen molar-refractivity contribution in [2.45, 2.75) is 44.6 Å². The first-order chi connectivity index (χ1) is 10.5. The number of hydrogen-bond donors (Lipinski definition) is 2. The van der Waals surface area contributed by atoms with Crippen molar-refractivity contribution >= 4 is 23.5 Å². The number of carboxylic acids is 1. The number of benzene rings is 1. The molecule has 5 nitrogen and oxygen atoms in total. The van der Waals surface area contributed by atoms with Crippen molar-refractivity contribution in [3.05, 3.63) is 28.8 Å². The highest BCUT2D eigenvalue weighted by molar-refractivity contribution is 6.32. The Morgan fingerprint density at radius 1 is 1.36 bits per heavy atom. The molecule has 1 aliphatic carbocycles. The van der Waals surface area contributed by atoms with Crippen LogP contribution in [0, 0.1) is 0 Å². The summed E-state index contributed by atoms with van der Waals surface area (Å²) in [5.74, 6) is -0.806. The van der Waals surface area contributed by atoms with Crippen molar-refractivity contribution in [1.82, 2.24) is 5.32 Å². The fourth-order valence-electron chi connectivity index (χ4n) is 2.85. The predicted octanol–water partition coefficient (Wildman–Crippen LogP) is 2.79. The maximum Gasteiger partial charge on any atom is 0.329 e. The molecule has 0 aliphatic heterocycles. The summed E-state index contributed by atoms with van der Waals surface area (Å²) >= 11 is 6.09. The van der Waals surface area contributed by atoms with E-state index in [1.807, 2.05) is 6.92 Å². The fourth-order valence-corrected chi connectivity index (χ4v) is 3.10. The molecule has 0 spiro atoms. The number of hydrogen-bond acceptors (Lipinski definition) is 3. The van der Waals surface area contributed by atoms with Crippen LogP contribution in [0.15, 0.2) is 18.2 Å². The third-order valence-corrected chi connectivity index (χ3v) is 4.23. The number of carboxylic acid groups (broad SMARTS) is 1. The summed E-state index contributed by atoms with van der Waals surface area (Å²) in [6, 6.07) is 5.21. The molecule has 0 bridgehead atoms. The van der Waals surface area contributed by atoms with Gasteiger partial charge in [0.1, 0.15) is 11.3 Å². The number of para-hydroxylation sites is 1. The normalized spacial score (nSPS) is 16.3. The van der Waals surface area contributed by atoms with Gasteiger partial charge in [-0.15, -0.1) is 0 Å². The number of carbonyl (C=O) groups is 2. The van der Waals surface area contributed by atoms with E-state index in [1.54, 1.807) is 18.2 Å². The van der Waals surface area contributed by atoms with Crippen LogP contribution in [0.3, 0.4) is 0 Å². The highest BCUT2D eigenvalue weighted by atomic mass is 35.5. The summed E-state index contributed by atoms with van der Waals surface area (Å²) in [6.45, 7) is 2.28. The molecular formula is C16H20ClNO4. The molecule has 0 atom stereocenters. The molecule has 2 rings (SSSR count). The van der Waals surface area contributed by atoms with E-state index >= 15 is 0 Å². The second kappa shape index (κ2) is 7.01. The highest BCUT2D eigenvalue weighted by Gasteiger charge is 2.42. The van der Waals surface area contributed by atoms with Gasteiger partial charge in [0.15, 0.2) is 0 Å². The summed E-state index contributed by atoms with van der Waals surface area (Å²) < 4.78 is 5.48. The van der Waals surface area contributed by atoms with Gasteiger partial charge in [-0.1, -0.05) is 36.6 Å². The molecule has 22 heavy (non-hydrogen) atoms. The Kier molecular flexibility index (Phi) is 5.29. The Balaban J connectivity index is 2.12. The number of halogens is 1. The van der Waals surface area contributed by atoms with E-state index in [9.17, 15) is 14.7 Å². The van der Waals surface area contributed by atoms with Crippen LogP contribution in [0.25, 0.3) is 0 Å². The van der Waals surface area contributed by atoms with Gasteiger partial charge in [0, 0.05) is 5.56 Å². The number of nitrogens with one attached hydrogen (secondary N) is 1. The monoisotopic (exact) mass is 325 g/mol. The van der Waals surface area contributed by atoms with Gasteiger partial charge in [0.2, 0.25) is 5.91 Å². The molecule has 1 saturated carbocycles. The lowest BCUT2D eigenvalue weighted by Gasteiger charge is -2.25. The molecule has 1 aromatic rings. The first-order valence-electron chi connectivity index (χ1n) is 7.43. The predicted molar refractivity (Wildman–Crippen MR) is 83.3 cm³/mol. The van der Waals surface area contributed by atoms with Crippen LogP contribution in [0.2, 0.25) is 5.02 Å². The largest absolute Gasteiger partial charge is 0.492 e. The SMILES string of the molecule is CCOc1c(Cl)cccc1CC(=O)NC1(C(=O)O)CCCC1. The first kappa shape index (κ1) is 16.6. The molecule has 120 valence electrons. The zero-order valence-electron chi connectivity index (χ0n) is 12.5. The van der Waals surface area contributed by atoms with E-state index < -0.39 is 11.5 Å². The molecular weight excluding hydrogens is 306 g/mol. The van der Waals surface area contributed by atoms with Crippen LogP contribution < -0.4 is 10.1 Å². The van der Waals surface area contributed by atoms with Gasteiger partial charge in [-0.3, -0.25) is 4.79 Å². The highest BCUT2D eigenvalue weighted by Crippen LogP contribution is 2.31. The summed E-state index contributed by atoms with van der Waals surface area (Å²) in [5, 5.41) is 12.5. The molecule has 0 saturated heterocycles. The van der Waals surface area contributed by atoms with Crippen molar-refractivity contribution in [3.8, 4) is 5.75 Å². The van der Waals surface area contributed by atoms with Crippen LogP contribution in [-0.4, -0.2) is 29.1 Å². The van der Waals surface area contributed by atoms with Crippen molar-refractivity contribution < 1.29 is 19.4 Å². The van der Waals surface area contributed by atoms with Gasteiger partial charge in [0.05, 0.1) is 18.1 Å². The van der Waals surface area contributed by atoms with Crippen molar-refractivity contribution in [3.63, 3.8) is 0 Å². The van der Waals surface area contributed by atoms with E-state index in [1.165, 1.54) is 0 Å². The minimum Gasteiger partial charge on any atom is -0.492 e. The number of ether oxygens (including phenoxy) is 1. The average Bonchev–Trinajstić information content (AvgIpc) is 2.92. The topological polar surface area (TPSA) is 75.6 Å². The quantitative estimate of drug-likeness (QED) is 0.843. The van der Waals surface area contributed by atoms with Gasteiger partial charge < -0.3 is 15.2 Å². The van der Waals surface area contributed by atoms with Crippen LogP contribution in [0.4, 0.5) is 0 Å². The average molecular weight is 326 g/mol. The smallest absolute Gasteiger partial charge is 0.329 e. The lowest BCUT2D eigenvalue weighted by atomic mass is 9.97. The van der Waals surface area contributed by atoms with Gasteiger partial charge in [-0.05, 0) is 25.8 Å². The Bertz CT molecular complexity index is 567. The summed E-state index contributed by atoms with van der Waals surface area (Å²) in [6.07, 6.45) is 2.62. The second-order valence-electron chi connectivity index (χ2n) is 5.48. The van der Waals surface area contributed by atoms with Crippen LogP contribution in [0.5, 0.6) is 5.75 Å². The molecule has 1 aromatic carbocycles. The van der Waals surface area contributed by atoms with Crippen LogP contribution >= 0.6 is 11.6 Å². The zero-order chi connectivity index (χ0) is 16.2. The minimum absolute atomic E-state index is 0.0466. The summed E-state index contributed by atoms with van der Waals surface area (Å²) in [4.78, 5) is 23.7. The van der Waals surface area contributed by atoms with E-state index in [4.69, 9.17) is 16.3 Å². The number of amides is 1. The Labute approximate surface area is 134 Å². The summed E-state index contributed by atoms with van der Waals surface area (Å²) in [7, 11) is 0. The maximum atomic E-state index is 12.3. The Morgan fingerprint density at radius 3 is 2.64 bits per heavy atom. The van der Waals surface area contributed by atoms with Gasteiger partial charge in [0.25, 0.3) is 0 Å². The van der Waals surface area contributed by atoms with Gasteiger partial charge >= 0.3 is 5.97 Å². The number of carbonyl (C=O) groups excluding carboxylic acids is 1. The Morgan fingerprint density at radius 2 is 2.05 bits per heavy atom. The zero-order valence-corrected chi connectivity index (χ0v) is 13.3. The molecule has 1 amide bonds. The molecule has 0 radical (unpaired) electrons. The van der Waals surface area contributed by atoms with Crippen LogP contribution in [0.1, 0.15) is 38.2 Å². The molecule has 6 heteroatoms. The molecule has 0 aromatic heterocycles. The van der Waals surface area contributed by atoms with Gasteiger partial charge in [-0.2, -0.15) is 0 Å². The molecule has 1 fully saturated rings. The number of rotatable bonds is 6. The van der Waals surface area contributed by atoms with Crippen molar-refractivity contribution in [2.75, 3.05) is 6.61 Å². The lowest BCUT2D eigenvalue weighted by molar-refractivity contribution is -0.147. The van der Waals surface area contributed by atoms with Crippen molar-refractivity contribution in [2.24, 2.45) is 0 Å². The van der Waals surface area contributed by atoms with E-state index in [-0.39, 0.29) is 12.3 Å². The third-order valence-electron chi connectivity index (χ3n) is 3.93.